The molecule has 19 heavy (non-hydrogen) atoms. The minimum atomic E-state index is 0.293. The molecular weight excluding hydrogens is 234 g/mol. The summed E-state index contributed by atoms with van der Waals surface area (Å²) in [7, 11) is 0. The molecule has 106 valence electrons. The zero-order chi connectivity index (χ0) is 14.0. The molecule has 1 N–H and O–H groups in total. The van der Waals surface area contributed by atoms with Crippen molar-refractivity contribution in [2.75, 3.05) is 6.54 Å². The largest absolute Gasteiger partial charge is 0.490 e. The van der Waals surface area contributed by atoms with E-state index in [1.54, 1.807) is 0 Å². The summed E-state index contributed by atoms with van der Waals surface area (Å²) < 4.78 is 6.18. The first-order valence-corrected chi connectivity index (χ1v) is 7.58. The molecule has 1 aliphatic rings. The molecule has 1 heterocycles. The van der Waals surface area contributed by atoms with E-state index in [2.05, 4.69) is 52.1 Å². The van der Waals surface area contributed by atoms with Crippen molar-refractivity contribution in [3.05, 3.63) is 28.8 Å². The van der Waals surface area contributed by atoms with Crippen molar-refractivity contribution in [3.63, 3.8) is 0 Å². The number of fused-ring (bicyclic) bond motifs is 1. The first kappa shape index (κ1) is 14.4. The monoisotopic (exact) mass is 261 g/mol. The van der Waals surface area contributed by atoms with Crippen molar-refractivity contribution in [3.8, 4) is 5.75 Å². The van der Waals surface area contributed by atoms with Gasteiger partial charge in [0, 0.05) is 18.0 Å². The Bertz CT molecular complexity index is 439. The lowest BCUT2D eigenvalue weighted by Crippen LogP contribution is -2.33. The van der Waals surface area contributed by atoms with E-state index in [-0.39, 0.29) is 0 Å². The van der Waals surface area contributed by atoms with Crippen molar-refractivity contribution in [1.29, 1.82) is 0 Å². The third kappa shape index (κ3) is 2.94. The second-order valence-corrected chi connectivity index (χ2v) is 6.04. The van der Waals surface area contributed by atoms with Crippen molar-refractivity contribution < 1.29 is 4.74 Å². The fourth-order valence-electron chi connectivity index (χ4n) is 2.94. The first-order valence-electron chi connectivity index (χ1n) is 7.58. The molecular formula is C17H27NO. The lowest BCUT2D eigenvalue weighted by atomic mass is 9.88. The molecule has 2 nitrogen and oxygen atoms in total. The predicted molar refractivity (Wildman–Crippen MR) is 81.0 cm³/mol. The van der Waals surface area contributed by atoms with Gasteiger partial charge in [-0.2, -0.15) is 0 Å². The normalized spacial score (nSPS) is 22.2. The van der Waals surface area contributed by atoms with Gasteiger partial charge >= 0.3 is 0 Å². The molecule has 1 aromatic carbocycles. The highest BCUT2D eigenvalue weighted by Crippen LogP contribution is 2.41. The highest BCUT2D eigenvalue weighted by molar-refractivity contribution is 5.50. The SMILES string of the molecule is CCCNC1CC(C)Oc2c(C(C)C)ccc(C)c21. The van der Waals surface area contributed by atoms with E-state index >= 15 is 0 Å². The Labute approximate surface area is 117 Å². The van der Waals surface area contributed by atoms with Crippen LogP contribution in [0.2, 0.25) is 0 Å². The Morgan fingerprint density at radius 2 is 2.11 bits per heavy atom. The van der Waals surface area contributed by atoms with Gasteiger partial charge in [0.25, 0.3) is 0 Å². The van der Waals surface area contributed by atoms with Crippen LogP contribution in [0.5, 0.6) is 5.75 Å². The number of benzene rings is 1. The summed E-state index contributed by atoms with van der Waals surface area (Å²) >= 11 is 0. The van der Waals surface area contributed by atoms with Gasteiger partial charge in [0.2, 0.25) is 0 Å². The summed E-state index contributed by atoms with van der Waals surface area (Å²) in [6, 6.07) is 4.92. The van der Waals surface area contributed by atoms with Gasteiger partial charge in [0.05, 0.1) is 6.10 Å². The molecule has 2 heteroatoms. The number of hydrogen-bond donors (Lipinski definition) is 1. The van der Waals surface area contributed by atoms with Gasteiger partial charge < -0.3 is 10.1 Å². The fourth-order valence-corrected chi connectivity index (χ4v) is 2.94. The summed E-state index contributed by atoms with van der Waals surface area (Å²) in [6.07, 6.45) is 2.53. The molecule has 0 bridgehead atoms. The highest BCUT2D eigenvalue weighted by Gasteiger charge is 2.29. The summed E-state index contributed by atoms with van der Waals surface area (Å²) in [6.45, 7) is 12.1. The van der Waals surface area contributed by atoms with Crippen LogP contribution in [0.1, 0.15) is 69.2 Å². The van der Waals surface area contributed by atoms with Crippen molar-refractivity contribution in [2.45, 2.75) is 65.5 Å². The Kier molecular flexibility index (Phi) is 4.51. The lowest BCUT2D eigenvalue weighted by Gasteiger charge is -2.34. The van der Waals surface area contributed by atoms with E-state index in [0.717, 1.165) is 18.7 Å². The molecule has 2 rings (SSSR count). The maximum Gasteiger partial charge on any atom is 0.128 e. The van der Waals surface area contributed by atoms with Crippen LogP contribution in [0.4, 0.5) is 0 Å². The quantitative estimate of drug-likeness (QED) is 0.871. The van der Waals surface area contributed by atoms with Gasteiger partial charge in [-0.25, -0.2) is 0 Å². The summed E-state index contributed by atoms with van der Waals surface area (Å²) in [5, 5.41) is 3.68. The average Bonchev–Trinajstić information content (AvgIpc) is 2.35. The summed E-state index contributed by atoms with van der Waals surface area (Å²) in [5.74, 6) is 1.65. The molecule has 2 atom stereocenters. The number of aryl methyl sites for hydroxylation is 1. The fraction of sp³-hybridized carbons (Fsp3) is 0.647. The Morgan fingerprint density at radius 1 is 1.37 bits per heavy atom. The van der Waals surface area contributed by atoms with Crippen LogP contribution >= 0.6 is 0 Å². The van der Waals surface area contributed by atoms with Gasteiger partial charge in [0.15, 0.2) is 0 Å². The number of hydrogen-bond acceptors (Lipinski definition) is 2. The van der Waals surface area contributed by atoms with Gasteiger partial charge in [-0.1, -0.05) is 32.9 Å². The van der Waals surface area contributed by atoms with E-state index in [1.807, 2.05) is 0 Å². The van der Waals surface area contributed by atoms with Crippen LogP contribution in [-0.4, -0.2) is 12.6 Å². The van der Waals surface area contributed by atoms with Crippen LogP contribution in [0, 0.1) is 6.92 Å². The first-order chi connectivity index (χ1) is 9.04. The molecule has 0 saturated carbocycles. The van der Waals surface area contributed by atoms with Crippen LogP contribution in [0.15, 0.2) is 12.1 Å². The summed E-state index contributed by atoms with van der Waals surface area (Å²) in [4.78, 5) is 0. The van der Waals surface area contributed by atoms with Gasteiger partial charge in [-0.05, 0) is 43.9 Å². The maximum atomic E-state index is 6.18. The van der Waals surface area contributed by atoms with E-state index in [0.29, 0.717) is 18.1 Å². The molecule has 0 spiro atoms. The number of nitrogens with one attached hydrogen (secondary N) is 1. The predicted octanol–water partition coefficient (Wildman–Crippen LogP) is 4.33. The van der Waals surface area contributed by atoms with Crippen LogP contribution in [0.3, 0.4) is 0 Å². The second kappa shape index (κ2) is 5.96. The molecule has 1 aromatic rings. The molecule has 0 saturated heterocycles. The van der Waals surface area contributed by atoms with E-state index in [4.69, 9.17) is 4.74 Å². The minimum absolute atomic E-state index is 0.293. The molecule has 1 aliphatic heterocycles. The van der Waals surface area contributed by atoms with Crippen LogP contribution < -0.4 is 10.1 Å². The van der Waals surface area contributed by atoms with Crippen LogP contribution in [-0.2, 0) is 0 Å². The topological polar surface area (TPSA) is 21.3 Å². The zero-order valence-electron chi connectivity index (χ0n) is 12.9. The highest BCUT2D eigenvalue weighted by atomic mass is 16.5. The van der Waals surface area contributed by atoms with Gasteiger partial charge in [-0.15, -0.1) is 0 Å². The average molecular weight is 261 g/mol. The van der Waals surface area contributed by atoms with Crippen molar-refractivity contribution in [2.24, 2.45) is 0 Å². The van der Waals surface area contributed by atoms with Crippen molar-refractivity contribution in [1.82, 2.24) is 5.32 Å². The smallest absolute Gasteiger partial charge is 0.128 e. The molecule has 2 unspecified atom stereocenters. The van der Waals surface area contributed by atoms with E-state index in [1.165, 1.54) is 23.1 Å². The third-order valence-corrected chi connectivity index (χ3v) is 3.94. The summed E-state index contributed by atoms with van der Waals surface area (Å²) in [5.41, 5.74) is 4.08. The van der Waals surface area contributed by atoms with Gasteiger partial charge in [0.1, 0.15) is 5.75 Å². The zero-order valence-corrected chi connectivity index (χ0v) is 12.9. The second-order valence-electron chi connectivity index (χ2n) is 6.04. The maximum absolute atomic E-state index is 6.18. The van der Waals surface area contributed by atoms with E-state index < -0.39 is 0 Å². The van der Waals surface area contributed by atoms with Gasteiger partial charge in [-0.3, -0.25) is 0 Å². The molecule has 0 aliphatic carbocycles. The third-order valence-electron chi connectivity index (χ3n) is 3.94. The Balaban J connectivity index is 2.44. The Hall–Kier alpha value is -1.02. The Morgan fingerprint density at radius 3 is 2.74 bits per heavy atom. The molecule has 0 radical (unpaired) electrons. The molecule has 0 fully saturated rings. The lowest BCUT2D eigenvalue weighted by molar-refractivity contribution is 0.163. The standard InChI is InChI=1S/C17H27NO/c1-6-9-18-15-10-13(5)19-17-14(11(2)3)8-7-12(4)16(15)17/h7-8,11,13,15,18H,6,9-10H2,1-5H3. The van der Waals surface area contributed by atoms with Crippen molar-refractivity contribution >= 4 is 0 Å². The molecule has 0 amide bonds. The number of ether oxygens (including phenoxy) is 1. The van der Waals surface area contributed by atoms with Crippen LogP contribution in [0.25, 0.3) is 0 Å². The minimum Gasteiger partial charge on any atom is -0.490 e. The molecule has 0 aromatic heterocycles. The number of rotatable bonds is 4. The van der Waals surface area contributed by atoms with E-state index in [9.17, 15) is 0 Å².